The van der Waals surface area contributed by atoms with Crippen LogP contribution in [0.25, 0.3) is 0 Å². The Labute approximate surface area is 70.8 Å². The number of carbonyl (C=O) groups excluding carboxylic acids is 1. The second-order valence-corrected chi connectivity index (χ2v) is 2.58. The monoisotopic (exact) mass is 165 g/mol. The largest absolute Gasteiger partial charge is 0.369 e. The molecule has 64 valence electrons. The molecule has 1 amide bonds. The Balaban J connectivity index is 0.000000120. The summed E-state index contributed by atoms with van der Waals surface area (Å²) in [5.41, 5.74) is 4.86. The third-order valence-electron chi connectivity index (χ3n) is 1.46. The van der Waals surface area contributed by atoms with Crippen LogP contribution in [0, 0.1) is 5.92 Å². The Bertz CT molecular complexity index is 207. The fraction of sp³-hybridized carbons (Fsp3) is 0.375. The van der Waals surface area contributed by atoms with E-state index in [1.54, 1.807) is 18.5 Å². The summed E-state index contributed by atoms with van der Waals surface area (Å²) in [5.74, 6) is 0.111. The molecule has 1 aliphatic carbocycles. The van der Waals surface area contributed by atoms with Crippen molar-refractivity contribution < 1.29 is 4.79 Å². The highest BCUT2D eigenvalue weighted by atomic mass is 16.1. The number of rotatable bonds is 1. The molecule has 1 fully saturated rings. The summed E-state index contributed by atoms with van der Waals surface area (Å²) < 4.78 is 0. The second-order valence-electron chi connectivity index (χ2n) is 2.58. The maximum atomic E-state index is 9.98. The summed E-state index contributed by atoms with van der Waals surface area (Å²) in [6.07, 6.45) is 6.92. The van der Waals surface area contributed by atoms with E-state index in [1.165, 1.54) is 6.33 Å². The average molecular weight is 165 g/mol. The molecule has 2 rings (SSSR count). The Morgan fingerprint density at radius 2 is 1.92 bits per heavy atom. The molecule has 0 bridgehead atoms. The van der Waals surface area contributed by atoms with Crippen molar-refractivity contribution in [3.8, 4) is 0 Å². The smallest absolute Gasteiger partial charge is 0.220 e. The van der Waals surface area contributed by atoms with Crippen LogP contribution in [-0.4, -0.2) is 15.9 Å². The van der Waals surface area contributed by atoms with E-state index in [1.807, 2.05) is 0 Å². The predicted octanol–water partition coefficient (Wildman–Crippen LogP) is 0.358. The summed E-state index contributed by atoms with van der Waals surface area (Å²) in [5, 5.41) is 0. The molecule has 2 N–H and O–H groups in total. The van der Waals surface area contributed by atoms with Gasteiger partial charge in [-0.05, 0) is 18.9 Å². The standard InChI is InChI=1S/C4H4N2.C4H7NO/c1-2-5-4-6-3-1;5-4(6)3-1-2-3/h1-4H;3H,1-2H2,(H2,5,6). The molecule has 1 heterocycles. The van der Waals surface area contributed by atoms with E-state index >= 15 is 0 Å². The zero-order valence-corrected chi connectivity index (χ0v) is 6.68. The Hall–Kier alpha value is -1.45. The number of hydrogen-bond acceptors (Lipinski definition) is 3. The topological polar surface area (TPSA) is 68.9 Å². The molecule has 0 saturated heterocycles. The first-order chi connectivity index (χ1) is 5.80. The van der Waals surface area contributed by atoms with E-state index in [9.17, 15) is 4.79 Å². The predicted molar refractivity (Wildman–Crippen MR) is 44.0 cm³/mol. The molecular weight excluding hydrogens is 154 g/mol. The second kappa shape index (κ2) is 4.43. The highest BCUT2D eigenvalue weighted by molar-refractivity contribution is 5.78. The van der Waals surface area contributed by atoms with Crippen LogP contribution in [0.4, 0.5) is 0 Å². The van der Waals surface area contributed by atoms with Gasteiger partial charge in [-0.1, -0.05) is 0 Å². The van der Waals surface area contributed by atoms with Crippen LogP contribution in [0.2, 0.25) is 0 Å². The van der Waals surface area contributed by atoms with Crippen LogP contribution in [0.1, 0.15) is 12.8 Å². The third kappa shape index (κ3) is 3.65. The van der Waals surface area contributed by atoms with Gasteiger partial charge < -0.3 is 5.73 Å². The molecule has 0 aliphatic heterocycles. The molecule has 12 heavy (non-hydrogen) atoms. The number of nitrogens with zero attached hydrogens (tertiary/aromatic N) is 2. The van der Waals surface area contributed by atoms with Crippen LogP contribution in [0.5, 0.6) is 0 Å². The minimum absolute atomic E-state index is 0.130. The van der Waals surface area contributed by atoms with Gasteiger partial charge in [0.25, 0.3) is 0 Å². The molecular formula is C8H11N3O. The summed E-state index contributed by atoms with van der Waals surface area (Å²) in [4.78, 5) is 17.3. The fourth-order valence-electron chi connectivity index (χ4n) is 0.621. The first kappa shape index (κ1) is 8.64. The van der Waals surface area contributed by atoms with Crippen molar-refractivity contribution >= 4 is 5.91 Å². The quantitative estimate of drug-likeness (QED) is 0.653. The molecule has 1 aromatic heterocycles. The SMILES string of the molecule is NC(=O)C1CC1.c1cncnc1. The number of amides is 1. The molecule has 0 aromatic carbocycles. The zero-order chi connectivity index (χ0) is 8.81. The van der Waals surface area contributed by atoms with Gasteiger partial charge in [0.15, 0.2) is 0 Å². The van der Waals surface area contributed by atoms with E-state index in [0.29, 0.717) is 0 Å². The number of primary amides is 1. The van der Waals surface area contributed by atoms with E-state index in [-0.39, 0.29) is 11.8 Å². The molecule has 0 atom stereocenters. The molecule has 0 radical (unpaired) electrons. The van der Waals surface area contributed by atoms with Gasteiger partial charge in [-0.15, -0.1) is 0 Å². The first-order valence-electron chi connectivity index (χ1n) is 3.80. The highest BCUT2D eigenvalue weighted by Gasteiger charge is 2.26. The Morgan fingerprint density at radius 1 is 1.33 bits per heavy atom. The maximum Gasteiger partial charge on any atom is 0.220 e. The van der Waals surface area contributed by atoms with Gasteiger partial charge >= 0.3 is 0 Å². The molecule has 1 aromatic rings. The molecule has 1 aliphatic rings. The van der Waals surface area contributed by atoms with Crippen LogP contribution < -0.4 is 5.73 Å². The zero-order valence-electron chi connectivity index (χ0n) is 6.68. The van der Waals surface area contributed by atoms with Crippen molar-refractivity contribution in [3.05, 3.63) is 24.8 Å². The van der Waals surface area contributed by atoms with Gasteiger partial charge in [0.1, 0.15) is 6.33 Å². The minimum Gasteiger partial charge on any atom is -0.369 e. The first-order valence-corrected chi connectivity index (χ1v) is 3.80. The van der Waals surface area contributed by atoms with Gasteiger partial charge in [-0.25, -0.2) is 9.97 Å². The van der Waals surface area contributed by atoms with Gasteiger partial charge in [0, 0.05) is 18.3 Å². The van der Waals surface area contributed by atoms with Crippen LogP contribution in [-0.2, 0) is 4.79 Å². The van der Waals surface area contributed by atoms with E-state index in [2.05, 4.69) is 9.97 Å². The van der Waals surface area contributed by atoms with Gasteiger partial charge in [0.2, 0.25) is 5.91 Å². The van der Waals surface area contributed by atoms with E-state index < -0.39 is 0 Å². The lowest BCUT2D eigenvalue weighted by Crippen LogP contribution is -2.11. The molecule has 0 unspecified atom stereocenters. The van der Waals surface area contributed by atoms with Crippen molar-refractivity contribution in [1.82, 2.24) is 9.97 Å². The van der Waals surface area contributed by atoms with E-state index in [4.69, 9.17) is 5.73 Å². The Kier molecular flexibility index (Phi) is 3.19. The van der Waals surface area contributed by atoms with Gasteiger partial charge in [-0.2, -0.15) is 0 Å². The van der Waals surface area contributed by atoms with Crippen LogP contribution >= 0.6 is 0 Å². The lowest BCUT2D eigenvalue weighted by atomic mass is 10.4. The van der Waals surface area contributed by atoms with Crippen molar-refractivity contribution in [2.24, 2.45) is 11.7 Å². The Morgan fingerprint density at radius 3 is 2.00 bits per heavy atom. The van der Waals surface area contributed by atoms with Crippen molar-refractivity contribution in [3.63, 3.8) is 0 Å². The number of hydrogen-bond donors (Lipinski definition) is 1. The lowest BCUT2D eigenvalue weighted by Gasteiger charge is -1.77. The maximum absolute atomic E-state index is 9.98. The summed E-state index contributed by atoms with van der Waals surface area (Å²) in [7, 11) is 0. The average Bonchev–Trinajstić information content (AvgIpc) is 2.90. The summed E-state index contributed by atoms with van der Waals surface area (Å²) in [6.45, 7) is 0. The summed E-state index contributed by atoms with van der Waals surface area (Å²) >= 11 is 0. The van der Waals surface area contributed by atoms with E-state index in [0.717, 1.165) is 12.8 Å². The molecule has 4 nitrogen and oxygen atoms in total. The highest BCUT2D eigenvalue weighted by Crippen LogP contribution is 2.27. The summed E-state index contributed by atoms with van der Waals surface area (Å²) in [6, 6.07) is 1.78. The molecule has 1 saturated carbocycles. The van der Waals surface area contributed by atoms with Crippen molar-refractivity contribution in [2.45, 2.75) is 12.8 Å². The van der Waals surface area contributed by atoms with Gasteiger partial charge in [0.05, 0.1) is 0 Å². The lowest BCUT2D eigenvalue weighted by molar-refractivity contribution is -0.119. The van der Waals surface area contributed by atoms with Gasteiger partial charge in [-0.3, -0.25) is 4.79 Å². The third-order valence-corrected chi connectivity index (χ3v) is 1.46. The van der Waals surface area contributed by atoms with Crippen LogP contribution in [0.3, 0.4) is 0 Å². The van der Waals surface area contributed by atoms with Crippen molar-refractivity contribution in [1.29, 1.82) is 0 Å². The van der Waals surface area contributed by atoms with Crippen molar-refractivity contribution in [2.75, 3.05) is 0 Å². The molecule has 4 heteroatoms. The number of carbonyl (C=O) groups is 1. The molecule has 0 spiro atoms. The number of aromatic nitrogens is 2. The number of nitrogens with two attached hydrogens (primary N) is 1. The van der Waals surface area contributed by atoms with Crippen LogP contribution in [0.15, 0.2) is 24.8 Å². The fourth-order valence-corrected chi connectivity index (χ4v) is 0.621. The normalized spacial score (nSPS) is 14.3. The minimum atomic E-state index is -0.130.